The van der Waals surface area contributed by atoms with Gasteiger partial charge in [0.1, 0.15) is 5.75 Å². The third kappa shape index (κ3) is 6.81. The Morgan fingerprint density at radius 1 is 1.06 bits per heavy atom. The second kappa shape index (κ2) is 10.1. The van der Waals surface area contributed by atoms with Crippen LogP contribution in [0.3, 0.4) is 0 Å². The quantitative estimate of drug-likeness (QED) is 0.334. The molecule has 1 N–H and O–H groups in total. The minimum Gasteiger partial charge on any atom is -0.544 e. The molecule has 1 saturated carbocycles. The molecular weight excluding hydrogens is 438 g/mol. The van der Waals surface area contributed by atoms with Crippen LogP contribution in [0.15, 0.2) is 48.5 Å². The van der Waals surface area contributed by atoms with Gasteiger partial charge < -0.3 is 9.74 Å². The summed E-state index contributed by atoms with van der Waals surface area (Å²) in [6.07, 6.45) is 5.86. The third-order valence-electron chi connectivity index (χ3n) is 6.96. The number of nitrogens with one attached hydrogen (secondary N) is 1. The monoisotopic (exact) mass is 473 g/mol. The maximum absolute atomic E-state index is 6.43. The Bertz CT molecular complexity index is 883. The fourth-order valence-corrected chi connectivity index (χ4v) is 5.57. The van der Waals surface area contributed by atoms with Crippen molar-refractivity contribution in [1.29, 1.82) is 0 Å². The van der Waals surface area contributed by atoms with Crippen LogP contribution in [-0.2, 0) is 0 Å². The summed E-state index contributed by atoms with van der Waals surface area (Å²) in [4.78, 5) is 0.915. The Balaban J connectivity index is 1.48. The lowest BCUT2D eigenvalue weighted by molar-refractivity contribution is 0.334. The van der Waals surface area contributed by atoms with Gasteiger partial charge in [0, 0.05) is 17.1 Å². The minimum absolute atomic E-state index is 0.215. The maximum atomic E-state index is 6.43. The summed E-state index contributed by atoms with van der Waals surface area (Å²) in [6, 6.07) is 16.6. The van der Waals surface area contributed by atoms with E-state index < -0.39 is 8.32 Å². The largest absolute Gasteiger partial charge is 0.544 e. The van der Waals surface area contributed by atoms with Crippen molar-refractivity contribution in [2.45, 2.75) is 76.9 Å². The zero-order valence-corrected chi connectivity index (χ0v) is 22.1. The third-order valence-corrected chi connectivity index (χ3v) is 11.8. The first-order valence-electron chi connectivity index (χ1n) is 11.4. The fraction of sp³-hybridized carbons (Fsp3) is 0.500. The summed E-state index contributed by atoms with van der Waals surface area (Å²) < 4.78 is 6.43. The number of rotatable bonds is 6. The average molecular weight is 474 g/mol. The molecule has 0 atom stereocenters. The molecule has 0 amide bonds. The van der Waals surface area contributed by atoms with Gasteiger partial charge in [-0.15, -0.1) is 0 Å². The molecule has 3 rings (SSSR count). The van der Waals surface area contributed by atoms with Crippen molar-refractivity contribution >= 4 is 42.8 Å². The van der Waals surface area contributed by atoms with Crippen LogP contribution in [-0.4, -0.2) is 13.3 Å². The molecule has 0 heterocycles. The summed E-state index contributed by atoms with van der Waals surface area (Å²) in [7, 11) is -1.78. The summed E-state index contributed by atoms with van der Waals surface area (Å²) in [5.74, 6) is 2.32. The Hall–Kier alpha value is -1.36. The van der Waals surface area contributed by atoms with Crippen LogP contribution < -0.4 is 9.74 Å². The summed E-state index contributed by atoms with van der Waals surface area (Å²) >= 11 is 11.7. The smallest absolute Gasteiger partial charge is 0.250 e. The molecular formula is C26H36ClNOSSi. The van der Waals surface area contributed by atoms with Crippen molar-refractivity contribution < 1.29 is 4.43 Å². The molecule has 1 aliphatic rings. The van der Waals surface area contributed by atoms with E-state index in [-0.39, 0.29) is 5.04 Å². The van der Waals surface area contributed by atoms with Gasteiger partial charge in [-0.2, -0.15) is 0 Å². The van der Waals surface area contributed by atoms with E-state index >= 15 is 0 Å². The lowest BCUT2D eigenvalue weighted by Crippen LogP contribution is -2.43. The number of anilines is 1. The van der Waals surface area contributed by atoms with Gasteiger partial charge in [0.25, 0.3) is 0 Å². The van der Waals surface area contributed by atoms with E-state index in [1.165, 1.54) is 31.2 Å². The zero-order chi connectivity index (χ0) is 22.6. The van der Waals surface area contributed by atoms with Crippen LogP contribution >= 0.6 is 23.8 Å². The first kappa shape index (κ1) is 24.3. The van der Waals surface area contributed by atoms with Gasteiger partial charge in [-0.05, 0) is 91.5 Å². The van der Waals surface area contributed by atoms with E-state index in [0.29, 0.717) is 11.8 Å². The van der Waals surface area contributed by atoms with E-state index in [9.17, 15) is 0 Å². The van der Waals surface area contributed by atoms with Gasteiger partial charge in [-0.1, -0.05) is 62.8 Å². The van der Waals surface area contributed by atoms with Crippen molar-refractivity contribution in [1.82, 2.24) is 0 Å². The van der Waals surface area contributed by atoms with E-state index in [4.69, 9.17) is 28.2 Å². The lowest BCUT2D eigenvalue weighted by Gasteiger charge is -2.36. The first-order chi connectivity index (χ1) is 14.5. The normalized spacial score (nSPS) is 19.7. The standard InChI is InChI=1S/C26H36ClNOSSi/c1-26(2,3)31(4,5)29-24-15-13-21(14-16-24)20-11-9-19(10-12-20)17-25(30)28-23-8-6-7-22(27)18-23/h6-8,13-16,18-20H,9-12,17H2,1-5H3,(H,28,30)/t19-,20+. The van der Waals surface area contributed by atoms with E-state index in [1.807, 2.05) is 24.3 Å². The number of hydrogen-bond acceptors (Lipinski definition) is 2. The van der Waals surface area contributed by atoms with E-state index in [2.05, 4.69) is 63.4 Å². The van der Waals surface area contributed by atoms with Crippen LogP contribution in [0.4, 0.5) is 5.69 Å². The fourth-order valence-electron chi connectivity index (χ4n) is 4.00. The molecule has 0 bridgehead atoms. The van der Waals surface area contributed by atoms with Crippen molar-refractivity contribution in [3.8, 4) is 5.75 Å². The lowest BCUT2D eigenvalue weighted by atomic mass is 9.77. The van der Waals surface area contributed by atoms with Gasteiger partial charge in [0.05, 0.1) is 4.99 Å². The van der Waals surface area contributed by atoms with Crippen LogP contribution in [0.2, 0.25) is 23.2 Å². The van der Waals surface area contributed by atoms with Gasteiger partial charge >= 0.3 is 0 Å². The minimum atomic E-state index is -1.78. The molecule has 0 aliphatic heterocycles. The summed E-state index contributed by atoms with van der Waals surface area (Å²) in [6.45, 7) is 11.4. The van der Waals surface area contributed by atoms with Gasteiger partial charge in [0.15, 0.2) is 0 Å². The molecule has 168 valence electrons. The summed E-state index contributed by atoms with van der Waals surface area (Å²) in [5, 5.41) is 4.29. The molecule has 1 fully saturated rings. The molecule has 0 unspecified atom stereocenters. The van der Waals surface area contributed by atoms with Crippen molar-refractivity contribution in [3.05, 3.63) is 59.1 Å². The highest BCUT2D eigenvalue weighted by atomic mass is 35.5. The first-order valence-corrected chi connectivity index (χ1v) is 15.1. The van der Waals surface area contributed by atoms with Crippen LogP contribution in [0.25, 0.3) is 0 Å². The number of benzene rings is 2. The second-order valence-electron chi connectivity index (χ2n) is 10.4. The highest BCUT2D eigenvalue weighted by molar-refractivity contribution is 7.80. The molecule has 31 heavy (non-hydrogen) atoms. The molecule has 0 aromatic heterocycles. The molecule has 2 aromatic carbocycles. The molecule has 0 saturated heterocycles. The topological polar surface area (TPSA) is 21.3 Å². The molecule has 1 aliphatic carbocycles. The van der Waals surface area contributed by atoms with Crippen molar-refractivity contribution in [2.75, 3.05) is 5.32 Å². The Kier molecular flexibility index (Phi) is 7.88. The molecule has 0 radical (unpaired) electrons. The number of thiocarbonyl (C=S) groups is 1. The maximum Gasteiger partial charge on any atom is 0.250 e. The van der Waals surface area contributed by atoms with Crippen LogP contribution in [0.1, 0.15) is 64.4 Å². The average Bonchev–Trinajstić information content (AvgIpc) is 2.68. The van der Waals surface area contributed by atoms with E-state index in [1.54, 1.807) is 0 Å². The number of halogens is 1. The molecule has 2 aromatic rings. The van der Waals surface area contributed by atoms with Crippen molar-refractivity contribution in [3.63, 3.8) is 0 Å². The van der Waals surface area contributed by atoms with E-state index in [0.717, 1.165) is 27.9 Å². The molecule has 5 heteroatoms. The predicted molar refractivity (Wildman–Crippen MR) is 141 cm³/mol. The molecule has 2 nitrogen and oxygen atoms in total. The SMILES string of the molecule is CC(C)(C)[Si](C)(C)Oc1ccc([C@H]2CC[C@@H](CC(=S)Nc3cccc(Cl)c3)CC2)cc1. The van der Waals surface area contributed by atoms with Gasteiger partial charge in [-0.25, -0.2) is 0 Å². The Labute approximate surface area is 199 Å². The highest BCUT2D eigenvalue weighted by Gasteiger charge is 2.39. The Morgan fingerprint density at radius 2 is 1.71 bits per heavy atom. The molecule has 0 spiro atoms. The Morgan fingerprint density at radius 3 is 2.29 bits per heavy atom. The second-order valence-corrected chi connectivity index (χ2v) is 16.1. The number of hydrogen-bond donors (Lipinski definition) is 1. The van der Waals surface area contributed by atoms with Gasteiger partial charge in [0.2, 0.25) is 8.32 Å². The van der Waals surface area contributed by atoms with Crippen LogP contribution in [0, 0.1) is 5.92 Å². The summed E-state index contributed by atoms with van der Waals surface area (Å²) in [5.41, 5.74) is 2.42. The van der Waals surface area contributed by atoms with Crippen molar-refractivity contribution in [2.24, 2.45) is 5.92 Å². The highest BCUT2D eigenvalue weighted by Crippen LogP contribution is 2.40. The van der Waals surface area contributed by atoms with Gasteiger partial charge in [-0.3, -0.25) is 0 Å². The predicted octanol–water partition coefficient (Wildman–Crippen LogP) is 8.83. The zero-order valence-electron chi connectivity index (χ0n) is 19.5. The van der Waals surface area contributed by atoms with Crippen LogP contribution in [0.5, 0.6) is 5.75 Å².